The Hall–Kier alpha value is -2.04. The van der Waals surface area contributed by atoms with Crippen LogP contribution in [0.5, 0.6) is 0 Å². The second-order valence-electron chi connectivity index (χ2n) is 4.98. The number of rotatable bonds is 6. The molecule has 2 rings (SSSR count). The molecule has 0 fully saturated rings. The summed E-state index contributed by atoms with van der Waals surface area (Å²) in [6.45, 7) is 1.98. The van der Waals surface area contributed by atoms with Crippen LogP contribution < -0.4 is 10.6 Å². The van der Waals surface area contributed by atoms with Gasteiger partial charge in [-0.25, -0.2) is 0 Å². The molecule has 0 saturated carbocycles. The first-order chi connectivity index (χ1) is 11.0. The molecule has 0 atom stereocenters. The molecule has 0 aliphatic rings. The van der Waals surface area contributed by atoms with E-state index in [4.69, 9.17) is 23.2 Å². The van der Waals surface area contributed by atoms with Gasteiger partial charge in [-0.2, -0.15) is 0 Å². The summed E-state index contributed by atoms with van der Waals surface area (Å²) < 4.78 is 0. The van der Waals surface area contributed by atoms with Crippen LogP contribution >= 0.6 is 23.2 Å². The minimum Gasteiger partial charge on any atom is -0.385 e. The quantitative estimate of drug-likeness (QED) is 0.746. The summed E-state index contributed by atoms with van der Waals surface area (Å²) >= 11 is 11.9. The van der Waals surface area contributed by atoms with Crippen molar-refractivity contribution in [1.82, 2.24) is 0 Å². The first-order valence-corrected chi connectivity index (χ1v) is 7.81. The normalized spacial score (nSPS) is 10.2. The number of nitrogens with one attached hydrogen (secondary N) is 2. The standard InChI is InChI=1S/C17H16Cl2N2O2/c1-11(22)12-2-5-14(6-3-12)20-9-8-17(23)21-16-10-13(18)4-7-15(16)19/h2-7,10,20H,8-9H2,1H3,(H,21,23). The van der Waals surface area contributed by atoms with Gasteiger partial charge in [0.2, 0.25) is 5.91 Å². The molecule has 120 valence electrons. The minimum atomic E-state index is -0.165. The van der Waals surface area contributed by atoms with Gasteiger partial charge in [0.15, 0.2) is 5.78 Å². The van der Waals surface area contributed by atoms with Crippen molar-refractivity contribution in [2.24, 2.45) is 0 Å². The van der Waals surface area contributed by atoms with E-state index in [1.54, 1.807) is 30.3 Å². The van der Waals surface area contributed by atoms with Crippen LogP contribution in [0, 0.1) is 0 Å². The van der Waals surface area contributed by atoms with Gasteiger partial charge in [-0.1, -0.05) is 23.2 Å². The maximum absolute atomic E-state index is 11.9. The van der Waals surface area contributed by atoms with E-state index in [0.29, 0.717) is 27.8 Å². The van der Waals surface area contributed by atoms with Gasteiger partial charge in [0.1, 0.15) is 0 Å². The van der Waals surface area contributed by atoms with Crippen molar-refractivity contribution < 1.29 is 9.59 Å². The summed E-state index contributed by atoms with van der Waals surface area (Å²) in [6.07, 6.45) is 0.275. The average molecular weight is 351 g/mol. The first-order valence-electron chi connectivity index (χ1n) is 7.05. The number of anilines is 2. The number of Topliss-reactive ketones (excluding diaryl/α,β-unsaturated/α-hetero) is 1. The van der Waals surface area contributed by atoms with E-state index in [9.17, 15) is 9.59 Å². The second kappa shape index (κ2) is 7.99. The first kappa shape index (κ1) is 17.3. The lowest BCUT2D eigenvalue weighted by Gasteiger charge is -2.09. The molecule has 0 heterocycles. The van der Waals surface area contributed by atoms with E-state index >= 15 is 0 Å². The number of carbonyl (C=O) groups is 2. The number of amides is 1. The van der Waals surface area contributed by atoms with Crippen LogP contribution in [0.4, 0.5) is 11.4 Å². The summed E-state index contributed by atoms with van der Waals surface area (Å²) in [6, 6.07) is 12.0. The predicted molar refractivity (Wildman–Crippen MR) is 94.6 cm³/mol. The van der Waals surface area contributed by atoms with Crippen molar-refractivity contribution in [2.75, 3.05) is 17.2 Å². The molecular formula is C17H16Cl2N2O2. The third kappa shape index (κ3) is 5.27. The summed E-state index contributed by atoms with van der Waals surface area (Å²) in [5, 5.41) is 6.79. The number of ketones is 1. The number of halogens is 2. The van der Waals surface area contributed by atoms with Gasteiger partial charge in [-0.05, 0) is 49.4 Å². The lowest BCUT2D eigenvalue weighted by Crippen LogP contribution is -2.16. The topological polar surface area (TPSA) is 58.2 Å². The van der Waals surface area contributed by atoms with E-state index in [1.165, 1.54) is 6.92 Å². The predicted octanol–water partition coefficient (Wildman–Crippen LogP) is 4.64. The molecule has 1 amide bonds. The van der Waals surface area contributed by atoms with Crippen LogP contribution in [0.15, 0.2) is 42.5 Å². The van der Waals surface area contributed by atoms with E-state index in [1.807, 2.05) is 12.1 Å². The van der Waals surface area contributed by atoms with Crippen LogP contribution in [0.1, 0.15) is 23.7 Å². The van der Waals surface area contributed by atoms with Crippen molar-refractivity contribution in [3.05, 3.63) is 58.1 Å². The Morgan fingerprint density at radius 2 is 1.74 bits per heavy atom. The maximum atomic E-state index is 11.9. The zero-order valence-electron chi connectivity index (χ0n) is 12.5. The summed E-state index contributed by atoms with van der Waals surface area (Å²) in [5.74, 6) is -0.142. The van der Waals surface area contributed by atoms with Crippen molar-refractivity contribution in [3.8, 4) is 0 Å². The molecule has 23 heavy (non-hydrogen) atoms. The summed E-state index contributed by atoms with van der Waals surface area (Å²) in [4.78, 5) is 23.1. The molecule has 0 saturated heterocycles. The Morgan fingerprint density at radius 3 is 2.39 bits per heavy atom. The average Bonchev–Trinajstić information content (AvgIpc) is 2.51. The van der Waals surface area contributed by atoms with Crippen LogP contribution in [0.2, 0.25) is 10.0 Å². The van der Waals surface area contributed by atoms with Crippen LogP contribution in [0.3, 0.4) is 0 Å². The third-order valence-corrected chi connectivity index (χ3v) is 3.74. The van der Waals surface area contributed by atoms with Crippen molar-refractivity contribution in [2.45, 2.75) is 13.3 Å². The van der Waals surface area contributed by atoms with Gasteiger partial charge in [-0.15, -0.1) is 0 Å². The molecule has 0 aliphatic heterocycles. The fourth-order valence-electron chi connectivity index (χ4n) is 1.95. The van der Waals surface area contributed by atoms with Gasteiger partial charge in [0, 0.05) is 29.2 Å². The minimum absolute atomic E-state index is 0.0225. The fourth-order valence-corrected chi connectivity index (χ4v) is 2.29. The number of carbonyl (C=O) groups excluding carboxylic acids is 2. The van der Waals surface area contributed by atoms with Crippen LogP contribution in [-0.4, -0.2) is 18.2 Å². The van der Waals surface area contributed by atoms with E-state index in [0.717, 1.165) is 5.69 Å². The highest BCUT2D eigenvalue weighted by molar-refractivity contribution is 6.35. The Bertz CT molecular complexity index is 715. The van der Waals surface area contributed by atoms with Gasteiger partial charge >= 0.3 is 0 Å². The number of hydrogen-bond donors (Lipinski definition) is 2. The highest BCUT2D eigenvalue weighted by Crippen LogP contribution is 2.25. The Balaban J connectivity index is 1.82. The molecule has 2 aromatic carbocycles. The van der Waals surface area contributed by atoms with Gasteiger partial charge in [-0.3, -0.25) is 9.59 Å². The highest BCUT2D eigenvalue weighted by Gasteiger charge is 2.06. The second-order valence-corrected chi connectivity index (χ2v) is 5.83. The van der Waals surface area contributed by atoms with E-state index in [2.05, 4.69) is 10.6 Å². The van der Waals surface area contributed by atoms with E-state index < -0.39 is 0 Å². The smallest absolute Gasteiger partial charge is 0.226 e. The number of hydrogen-bond acceptors (Lipinski definition) is 3. The molecular weight excluding hydrogens is 335 g/mol. The van der Waals surface area contributed by atoms with Crippen LogP contribution in [-0.2, 0) is 4.79 Å². The van der Waals surface area contributed by atoms with E-state index in [-0.39, 0.29) is 18.1 Å². The van der Waals surface area contributed by atoms with Crippen molar-refractivity contribution in [3.63, 3.8) is 0 Å². The zero-order chi connectivity index (χ0) is 16.8. The molecule has 2 aromatic rings. The molecule has 4 nitrogen and oxygen atoms in total. The fraction of sp³-hybridized carbons (Fsp3) is 0.176. The molecule has 2 N–H and O–H groups in total. The lowest BCUT2D eigenvalue weighted by atomic mass is 10.1. The largest absolute Gasteiger partial charge is 0.385 e. The monoisotopic (exact) mass is 350 g/mol. The molecule has 0 radical (unpaired) electrons. The summed E-state index contributed by atoms with van der Waals surface area (Å²) in [7, 11) is 0. The Labute approximate surface area is 144 Å². The van der Waals surface area contributed by atoms with Gasteiger partial charge < -0.3 is 10.6 Å². The van der Waals surface area contributed by atoms with Gasteiger partial charge in [0.25, 0.3) is 0 Å². The summed E-state index contributed by atoms with van der Waals surface area (Å²) in [5.41, 5.74) is 2.00. The van der Waals surface area contributed by atoms with Crippen LogP contribution in [0.25, 0.3) is 0 Å². The van der Waals surface area contributed by atoms with Crippen molar-refractivity contribution >= 4 is 46.3 Å². The molecule has 0 unspecified atom stereocenters. The SMILES string of the molecule is CC(=O)c1ccc(NCCC(=O)Nc2cc(Cl)ccc2Cl)cc1. The number of benzene rings is 2. The third-order valence-electron chi connectivity index (χ3n) is 3.18. The lowest BCUT2D eigenvalue weighted by molar-refractivity contribution is -0.115. The molecule has 0 aromatic heterocycles. The zero-order valence-corrected chi connectivity index (χ0v) is 14.0. The molecule has 0 spiro atoms. The molecule has 0 bridgehead atoms. The van der Waals surface area contributed by atoms with Crippen molar-refractivity contribution in [1.29, 1.82) is 0 Å². The maximum Gasteiger partial charge on any atom is 0.226 e. The highest BCUT2D eigenvalue weighted by atomic mass is 35.5. The Morgan fingerprint density at radius 1 is 1.04 bits per heavy atom. The Kier molecular flexibility index (Phi) is 6.02. The molecule has 0 aliphatic carbocycles. The van der Waals surface area contributed by atoms with Gasteiger partial charge in [0.05, 0.1) is 10.7 Å². The molecule has 6 heteroatoms.